The zero-order valence-corrected chi connectivity index (χ0v) is 30.9. The number of pyridine rings is 1. The summed E-state index contributed by atoms with van der Waals surface area (Å²) in [6.07, 6.45) is 15.7. The highest BCUT2D eigenvalue weighted by Crippen LogP contribution is 2.51. The summed E-state index contributed by atoms with van der Waals surface area (Å²) in [5, 5.41) is 10.2. The Morgan fingerprint density at radius 2 is 1.67 bits per heavy atom. The molecular weight excluding hydrogens is 645 g/mol. The third-order valence-electron chi connectivity index (χ3n) is 10.6. The number of hydrogen-bond donors (Lipinski definition) is 3. The zero-order chi connectivity index (χ0) is 36.2. The summed E-state index contributed by atoms with van der Waals surface area (Å²) in [7, 11) is 4.23. The number of likely N-dealkylation sites (N-methyl/N-ethyl adjacent to an activating group) is 1. The fraction of sp³-hybridized carbons (Fsp3) is 0.442. The smallest absolute Gasteiger partial charge is 0.150 e. The van der Waals surface area contributed by atoms with Crippen molar-refractivity contribution in [2.45, 2.75) is 75.4 Å². The fourth-order valence-electron chi connectivity index (χ4n) is 7.06. The van der Waals surface area contributed by atoms with Gasteiger partial charge in [-0.2, -0.15) is 0 Å². The van der Waals surface area contributed by atoms with E-state index in [1.165, 1.54) is 50.5 Å². The van der Waals surface area contributed by atoms with Crippen molar-refractivity contribution in [3.63, 3.8) is 0 Å². The quantitative estimate of drug-likeness (QED) is 0.116. The van der Waals surface area contributed by atoms with Crippen LogP contribution in [-0.4, -0.2) is 93.0 Å². The van der Waals surface area contributed by atoms with Gasteiger partial charge >= 0.3 is 0 Å². The number of nitrogens with one attached hydrogen (secondary N) is 3. The van der Waals surface area contributed by atoms with Crippen LogP contribution in [-0.2, 0) is 5.54 Å². The van der Waals surface area contributed by atoms with Gasteiger partial charge < -0.3 is 20.9 Å². The van der Waals surface area contributed by atoms with E-state index in [4.69, 9.17) is 4.99 Å². The van der Waals surface area contributed by atoms with Crippen LogP contribution in [0.15, 0.2) is 82.7 Å². The summed E-state index contributed by atoms with van der Waals surface area (Å²) in [6.45, 7) is 8.88. The van der Waals surface area contributed by atoms with Crippen LogP contribution in [0, 0.1) is 11.8 Å². The molecule has 0 radical (unpaired) electrons. The van der Waals surface area contributed by atoms with Gasteiger partial charge in [0.15, 0.2) is 0 Å². The second-order valence-electron chi connectivity index (χ2n) is 14.4. The molecule has 2 heterocycles. The maximum absolute atomic E-state index is 11.0. The lowest BCUT2D eigenvalue weighted by atomic mass is 9.95. The molecule has 0 amide bonds. The van der Waals surface area contributed by atoms with E-state index < -0.39 is 0 Å². The van der Waals surface area contributed by atoms with Crippen molar-refractivity contribution < 1.29 is 4.79 Å². The number of benzene rings is 2. The van der Waals surface area contributed by atoms with Crippen molar-refractivity contribution in [2.75, 3.05) is 52.3 Å². The van der Waals surface area contributed by atoms with E-state index in [1.807, 2.05) is 37.5 Å². The molecule has 3 N–H and O–H groups in total. The van der Waals surface area contributed by atoms with Gasteiger partial charge in [0.25, 0.3) is 0 Å². The van der Waals surface area contributed by atoms with E-state index in [0.29, 0.717) is 24.0 Å². The third-order valence-corrected chi connectivity index (χ3v) is 10.6. The van der Waals surface area contributed by atoms with Crippen LogP contribution >= 0.6 is 0 Å². The summed E-state index contributed by atoms with van der Waals surface area (Å²) in [5.74, 6) is 6.93. The number of aldehydes is 1. The van der Waals surface area contributed by atoms with E-state index in [-0.39, 0.29) is 5.54 Å². The first-order chi connectivity index (χ1) is 25.5. The van der Waals surface area contributed by atoms with Crippen LogP contribution in [0.25, 0.3) is 5.57 Å². The molecule has 3 saturated carbocycles. The molecule has 7 rings (SSSR count). The number of carbonyl (C=O) groups excluding carboxylic acids is 1. The Morgan fingerprint density at radius 1 is 0.942 bits per heavy atom. The van der Waals surface area contributed by atoms with E-state index in [2.05, 4.69) is 85.6 Å². The zero-order valence-electron chi connectivity index (χ0n) is 30.9. The number of piperazine rings is 1. The summed E-state index contributed by atoms with van der Waals surface area (Å²) < 4.78 is 0. The molecule has 0 unspecified atom stereocenters. The van der Waals surface area contributed by atoms with Gasteiger partial charge in [-0.05, 0) is 113 Å². The summed E-state index contributed by atoms with van der Waals surface area (Å²) >= 11 is 0. The van der Waals surface area contributed by atoms with Crippen LogP contribution in [0.3, 0.4) is 0 Å². The van der Waals surface area contributed by atoms with Gasteiger partial charge in [-0.25, -0.2) is 9.98 Å². The Balaban J connectivity index is 0.000000856. The number of anilines is 1. The van der Waals surface area contributed by atoms with Gasteiger partial charge in [-0.3, -0.25) is 14.7 Å². The van der Waals surface area contributed by atoms with Crippen molar-refractivity contribution in [1.82, 2.24) is 25.4 Å². The predicted octanol–water partition coefficient (Wildman–Crippen LogP) is 6.33. The molecule has 52 heavy (non-hydrogen) atoms. The van der Waals surface area contributed by atoms with Crippen LogP contribution in [0.4, 0.5) is 5.69 Å². The minimum absolute atomic E-state index is 0.195. The number of carbonyl (C=O) groups is 1. The van der Waals surface area contributed by atoms with Gasteiger partial charge in [0.1, 0.15) is 24.5 Å². The van der Waals surface area contributed by atoms with E-state index in [9.17, 15) is 4.79 Å². The number of aliphatic imine (C=N–C) groups is 2. The number of aromatic nitrogens is 1. The second kappa shape index (κ2) is 18.2. The van der Waals surface area contributed by atoms with Crippen molar-refractivity contribution in [3.8, 4) is 11.8 Å². The van der Waals surface area contributed by atoms with Gasteiger partial charge in [-0.1, -0.05) is 49.4 Å². The van der Waals surface area contributed by atoms with Crippen molar-refractivity contribution in [2.24, 2.45) is 9.98 Å². The lowest BCUT2D eigenvalue weighted by Crippen LogP contribution is -2.49. The van der Waals surface area contributed by atoms with Gasteiger partial charge in [-0.15, -0.1) is 0 Å². The molecule has 9 heteroatoms. The average Bonchev–Trinajstić information content (AvgIpc) is 4.14. The Morgan fingerprint density at radius 3 is 2.29 bits per heavy atom. The second-order valence-corrected chi connectivity index (χ2v) is 14.4. The molecule has 1 saturated heterocycles. The van der Waals surface area contributed by atoms with E-state index >= 15 is 0 Å². The molecule has 1 aromatic heterocycles. The van der Waals surface area contributed by atoms with Crippen LogP contribution in [0.5, 0.6) is 0 Å². The minimum atomic E-state index is 0.195. The van der Waals surface area contributed by atoms with E-state index in [0.717, 1.165) is 79.6 Å². The maximum Gasteiger partial charge on any atom is 0.150 e. The molecule has 3 aliphatic carbocycles. The third kappa shape index (κ3) is 10.3. The molecule has 9 nitrogen and oxygen atoms in total. The molecule has 4 fully saturated rings. The van der Waals surface area contributed by atoms with E-state index in [1.54, 1.807) is 18.3 Å². The highest BCUT2D eigenvalue weighted by Gasteiger charge is 2.49. The number of hydrogen-bond acceptors (Lipinski definition) is 9. The Kier molecular flexibility index (Phi) is 13.0. The first-order valence-corrected chi connectivity index (χ1v) is 19.0. The first kappa shape index (κ1) is 37.1. The molecule has 3 aromatic rings. The standard InChI is InChI=1S/C39H45N7O.C4H9N/c1-40-38(44-35-6-4-3-5-7-35)37(32-11-13-33(14-12-32)39(19-20-39)46-24-22-45(2)23-25-46)27-41-29-43-34-15-8-30(9-16-34)10-17-36-26-31(28-47)18-21-42-36;1-5-4-2-3-4/h8-9,11-16,18,21,26-28,35,43-44H,1,3-7,19-20,22-25,29H2,2H3;4-5H,2-3H2,1H3/b38-37-,41-27-;. The molecule has 4 aliphatic rings. The highest BCUT2D eigenvalue weighted by atomic mass is 16.1. The van der Waals surface area contributed by atoms with Gasteiger partial charge in [0.2, 0.25) is 0 Å². The topological polar surface area (TPSA) is 97.2 Å². The maximum atomic E-state index is 11.0. The molecule has 0 atom stereocenters. The molecular formula is C43H54N8O. The van der Waals surface area contributed by atoms with Crippen molar-refractivity contribution >= 4 is 30.5 Å². The Bertz CT molecular complexity index is 1750. The lowest BCUT2D eigenvalue weighted by molar-refractivity contribution is 0.0976. The van der Waals surface area contributed by atoms with Crippen LogP contribution < -0.4 is 16.0 Å². The first-order valence-electron chi connectivity index (χ1n) is 19.0. The Hall–Kier alpha value is -4.62. The minimum Gasteiger partial charge on any atom is -0.367 e. The fourth-order valence-corrected chi connectivity index (χ4v) is 7.06. The Labute approximate surface area is 310 Å². The predicted molar refractivity (Wildman–Crippen MR) is 214 cm³/mol. The lowest BCUT2D eigenvalue weighted by Gasteiger charge is -2.38. The average molecular weight is 699 g/mol. The number of allylic oxidation sites excluding steroid dienone is 1. The van der Waals surface area contributed by atoms with Crippen molar-refractivity contribution in [1.29, 1.82) is 0 Å². The highest BCUT2D eigenvalue weighted by molar-refractivity contribution is 6.11. The van der Waals surface area contributed by atoms with Crippen LogP contribution in [0.1, 0.15) is 90.5 Å². The summed E-state index contributed by atoms with van der Waals surface area (Å²) in [5.41, 5.74) is 6.60. The van der Waals surface area contributed by atoms with Crippen molar-refractivity contribution in [3.05, 3.63) is 101 Å². The molecule has 0 bridgehead atoms. The summed E-state index contributed by atoms with van der Waals surface area (Å²) in [6, 6.07) is 21.6. The normalized spacial score (nSPS) is 19.3. The number of rotatable bonds is 12. The van der Waals surface area contributed by atoms with Gasteiger partial charge in [0, 0.05) is 78.6 Å². The summed E-state index contributed by atoms with van der Waals surface area (Å²) in [4.78, 5) is 29.6. The monoisotopic (exact) mass is 698 g/mol. The van der Waals surface area contributed by atoms with Gasteiger partial charge in [0.05, 0.1) is 0 Å². The molecule has 1 aliphatic heterocycles. The molecule has 0 spiro atoms. The number of nitrogens with zero attached hydrogens (tertiary/aromatic N) is 5. The largest absolute Gasteiger partial charge is 0.367 e. The molecule has 272 valence electrons. The van der Waals surface area contributed by atoms with Crippen LogP contribution in [0.2, 0.25) is 0 Å². The molecule has 2 aromatic carbocycles. The SMILES string of the molecule is C=N/C(NC1CCCCC1)=C(\C=N/CNc1ccc(C#Cc2cc(C=O)ccn2)cc1)c1ccc(C2(N3CCN(C)CC3)CC2)cc1.CNC1CC1.